The topological polar surface area (TPSA) is 42.8 Å². The van der Waals surface area contributed by atoms with Crippen LogP contribution in [0.5, 0.6) is 11.5 Å². The molecule has 0 amide bonds. The molecule has 126 valence electrons. The molecule has 0 atom stereocenters. The summed E-state index contributed by atoms with van der Waals surface area (Å²) in [5, 5.41) is 4.27. The Labute approximate surface area is 143 Å². The Bertz CT molecular complexity index is 665. The fourth-order valence-corrected chi connectivity index (χ4v) is 2.85. The lowest BCUT2D eigenvalue weighted by Crippen LogP contribution is -2.12. The van der Waals surface area contributed by atoms with Crippen molar-refractivity contribution in [2.75, 3.05) is 12.0 Å². The molecular formula is C20H24N2O2. The van der Waals surface area contributed by atoms with E-state index in [1.807, 2.05) is 55.5 Å². The molecule has 1 aliphatic rings. The number of nitrogens with one attached hydrogen (secondary N) is 1. The summed E-state index contributed by atoms with van der Waals surface area (Å²) in [6.45, 7) is 2.60. The smallest absolute Gasteiger partial charge is 0.161 e. The number of nitrogens with zero attached hydrogens (tertiary/aromatic N) is 1. The Balaban J connectivity index is 1.68. The molecule has 0 spiro atoms. The van der Waals surface area contributed by atoms with Gasteiger partial charge in [0, 0.05) is 0 Å². The Kier molecular flexibility index (Phi) is 5.72. The monoisotopic (exact) mass is 324 g/mol. The van der Waals surface area contributed by atoms with Crippen molar-refractivity contribution < 1.29 is 9.47 Å². The summed E-state index contributed by atoms with van der Waals surface area (Å²) in [7, 11) is 0. The van der Waals surface area contributed by atoms with Crippen LogP contribution in [0.4, 0.5) is 5.69 Å². The van der Waals surface area contributed by atoms with Gasteiger partial charge < -0.3 is 9.47 Å². The molecule has 1 aliphatic carbocycles. The predicted molar refractivity (Wildman–Crippen MR) is 98.2 cm³/mol. The van der Waals surface area contributed by atoms with E-state index in [1.165, 1.54) is 12.8 Å². The van der Waals surface area contributed by atoms with Gasteiger partial charge in [0.25, 0.3) is 0 Å². The Morgan fingerprint density at radius 3 is 2.62 bits per heavy atom. The molecule has 2 aromatic carbocycles. The summed E-state index contributed by atoms with van der Waals surface area (Å²) in [4.78, 5) is 0. The van der Waals surface area contributed by atoms with Crippen molar-refractivity contribution in [1.29, 1.82) is 0 Å². The maximum atomic E-state index is 6.10. The molecule has 4 heteroatoms. The minimum atomic E-state index is 0.323. The van der Waals surface area contributed by atoms with Crippen LogP contribution in [0.1, 0.15) is 38.2 Å². The van der Waals surface area contributed by atoms with Crippen molar-refractivity contribution in [3.8, 4) is 11.5 Å². The SMILES string of the molecule is CCOc1cc(C=NNc2ccccc2)ccc1OC1CCCC1. The van der Waals surface area contributed by atoms with Gasteiger partial charge in [-0.25, -0.2) is 0 Å². The Hall–Kier alpha value is -2.49. The van der Waals surface area contributed by atoms with Gasteiger partial charge in [-0.2, -0.15) is 5.10 Å². The molecule has 3 rings (SSSR count). The van der Waals surface area contributed by atoms with Gasteiger partial charge >= 0.3 is 0 Å². The molecule has 0 aliphatic heterocycles. The molecule has 0 saturated heterocycles. The quantitative estimate of drug-likeness (QED) is 0.584. The highest BCUT2D eigenvalue weighted by molar-refractivity contribution is 5.81. The van der Waals surface area contributed by atoms with Gasteiger partial charge in [-0.1, -0.05) is 18.2 Å². The molecule has 1 N–H and O–H groups in total. The first-order valence-corrected chi connectivity index (χ1v) is 8.63. The average Bonchev–Trinajstić information content (AvgIpc) is 3.11. The van der Waals surface area contributed by atoms with Crippen LogP contribution < -0.4 is 14.9 Å². The second kappa shape index (κ2) is 8.39. The van der Waals surface area contributed by atoms with Crippen LogP contribution in [-0.4, -0.2) is 18.9 Å². The van der Waals surface area contributed by atoms with Crippen LogP contribution in [0, 0.1) is 0 Å². The average molecular weight is 324 g/mol. The number of hydrazone groups is 1. The summed E-state index contributed by atoms with van der Waals surface area (Å²) in [6.07, 6.45) is 6.89. The normalized spacial score (nSPS) is 14.9. The lowest BCUT2D eigenvalue weighted by molar-refractivity contribution is 0.197. The van der Waals surface area contributed by atoms with E-state index in [2.05, 4.69) is 10.5 Å². The number of rotatable bonds is 7. The van der Waals surface area contributed by atoms with E-state index in [0.717, 1.165) is 35.6 Å². The third-order valence-electron chi connectivity index (χ3n) is 4.04. The van der Waals surface area contributed by atoms with Gasteiger partial charge in [-0.05, 0) is 68.5 Å². The summed E-state index contributed by atoms with van der Waals surface area (Å²) < 4.78 is 11.8. The van der Waals surface area contributed by atoms with Crippen molar-refractivity contribution in [3.05, 3.63) is 54.1 Å². The molecular weight excluding hydrogens is 300 g/mol. The molecule has 0 unspecified atom stereocenters. The van der Waals surface area contributed by atoms with Crippen LogP contribution in [-0.2, 0) is 0 Å². The van der Waals surface area contributed by atoms with Gasteiger partial charge in [-0.15, -0.1) is 0 Å². The van der Waals surface area contributed by atoms with E-state index in [-0.39, 0.29) is 0 Å². The lowest BCUT2D eigenvalue weighted by atomic mass is 10.2. The molecule has 0 radical (unpaired) electrons. The fourth-order valence-electron chi connectivity index (χ4n) is 2.85. The van der Waals surface area contributed by atoms with Gasteiger partial charge in [0.15, 0.2) is 11.5 Å². The molecule has 1 fully saturated rings. The summed E-state index contributed by atoms with van der Waals surface area (Å²) in [5.74, 6) is 1.62. The van der Waals surface area contributed by atoms with Gasteiger partial charge in [0.05, 0.1) is 24.6 Å². The molecule has 1 saturated carbocycles. The molecule has 2 aromatic rings. The van der Waals surface area contributed by atoms with Crippen LogP contribution in [0.25, 0.3) is 0 Å². The molecule has 0 heterocycles. The Morgan fingerprint density at radius 1 is 1.08 bits per heavy atom. The van der Waals surface area contributed by atoms with Crippen molar-refractivity contribution in [3.63, 3.8) is 0 Å². The zero-order valence-corrected chi connectivity index (χ0v) is 14.1. The van der Waals surface area contributed by atoms with E-state index < -0.39 is 0 Å². The van der Waals surface area contributed by atoms with Gasteiger partial charge in [0.2, 0.25) is 0 Å². The summed E-state index contributed by atoms with van der Waals surface area (Å²) in [5.41, 5.74) is 4.95. The number of hydrogen-bond donors (Lipinski definition) is 1. The largest absolute Gasteiger partial charge is 0.490 e. The first-order valence-electron chi connectivity index (χ1n) is 8.63. The first-order chi connectivity index (χ1) is 11.8. The summed E-state index contributed by atoms with van der Waals surface area (Å²) >= 11 is 0. The zero-order chi connectivity index (χ0) is 16.6. The molecule has 0 aromatic heterocycles. The second-order valence-corrected chi connectivity index (χ2v) is 5.90. The maximum absolute atomic E-state index is 6.10. The predicted octanol–water partition coefficient (Wildman–Crippen LogP) is 4.85. The molecule has 24 heavy (non-hydrogen) atoms. The van der Waals surface area contributed by atoms with E-state index in [4.69, 9.17) is 9.47 Å². The van der Waals surface area contributed by atoms with Crippen molar-refractivity contribution in [1.82, 2.24) is 0 Å². The Morgan fingerprint density at radius 2 is 1.88 bits per heavy atom. The third-order valence-corrected chi connectivity index (χ3v) is 4.04. The number of hydrogen-bond acceptors (Lipinski definition) is 4. The number of anilines is 1. The van der Waals surface area contributed by atoms with Gasteiger partial charge in [0.1, 0.15) is 0 Å². The minimum absolute atomic E-state index is 0.323. The van der Waals surface area contributed by atoms with Crippen LogP contribution in [0.15, 0.2) is 53.6 Å². The highest BCUT2D eigenvalue weighted by Crippen LogP contribution is 2.32. The maximum Gasteiger partial charge on any atom is 0.161 e. The number of benzene rings is 2. The van der Waals surface area contributed by atoms with E-state index in [1.54, 1.807) is 6.21 Å². The van der Waals surface area contributed by atoms with E-state index in [0.29, 0.717) is 12.7 Å². The third kappa shape index (κ3) is 4.51. The highest BCUT2D eigenvalue weighted by Gasteiger charge is 2.18. The highest BCUT2D eigenvalue weighted by atomic mass is 16.5. The van der Waals surface area contributed by atoms with E-state index in [9.17, 15) is 0 Å². The number of para-hydroxylation sites is 1. The first kappa shape index (κ1) is 16.4. The minimum Gasteiger partial charge on any atom is -0.490 e. The van der Waals surface area contributed by atoms with Crippen LogP contribution in [0.2, 0.25) is 0 Å². The fraction of sp³-hybridized carbons (Fsp3) is 0.350. The lowest BCUT2D eigenvalue weighted by Gasteiger charge is -2.16. The van der Waals surface area contributed by atoms with Crippen molar-refractivity contribution >= 4 is 11.9 Å². The standard InChI is InChI=1S/C20H24N2O2/c1-2-23-20-14-16(15-21-22-17-8-4-3-5-9-17)12-13-19(20)24-18-10-6-7-11-18/h3-5,8-9,12-15,18,22H,2,6-7,10-11H2,1H3. The number of ether oxygens (including phenoxy) is 2. The second-order valence-electron chi connectivity index (χ2n) is 5.90. The zero-order valence-electron chi connectivity index (χ0n) is 14.1. The van der Waals surface area contributed by atoms with Crippen LogP contribution >= 0.6 is 0 Å². The van der Waals surface area contributed by atoms with Crippen molar-refractivity contribution in [2.24, 2.45) is 5.10 Å². The van der Waals surface area contributed by atoms with Gasteiger partial charge in [-0.3, -0.25) is 5.43 Å². The summed E-state index contributed by atoms with van der Waals surface area (Å²) in [6, 6.07) is 15.8. The van der Waals surface area contributed by atoms with Crippen LogP contribution in [0.3, 0.4) is 0 Å². The molecule has 4 nitrogen and oxygen atoms in total. The van der Waals surface area contributed by atoms with E-state index >= 15 is 0 Å². The molecule has 0 bridgehead atoms. The van der Waals surface area contributed by atoms with Crippen molar-refractivity contribution in [2.45, 2.75) is 38.7 Å².